The van der Waals surface area contributed by atoms with Crippen LogP contribution in [0.5, 0.6) is 23.0 Å². The highest BCUT2D eigenvalue weighted by Gasteiger charge is 2.29. The summed E-state index contributed by atoms with van der Waals surface area (Å²) < 4.78 is 15.9. The molecule has 8 aromatic carbocycles. The second-order valence-corrected chi connectivity index (χ2v) is 20.4. The van der Waals surface area contributed by atoms with Crippen LogP contribution in [0.25, 0.3) is 10.8 Å². The van der Waals surface area contributed by atoms with Gasteiger partial charge in [0, 0.05) is 31.7 Å². The number of ether oxygens (including phenoxy) is 3. The van der Waals surface area contributed by atoms with Crippen LogP contribution in [0.2, 0.25) is 45.2 Å². The Balaban J connectivity index is 0.000000226. The summed E-state index contributed by atoms with van der Waals surface area (Å²) in [6.45, 7) is 2.96. The van der Waals surface area contributed by atoms with Crippen molar-refractivity contribution >= 4 is 162 Å². The van der Waals surface area contributed by atoms with Crippen molar-refractivity contribution < 1.29 is 68.5 Å². The zero-order valence-corrected chi connectivity index (χ0v) is 49.3. The highest BCUT2D eigenvalue weighted by Crippen LogP contribution is 2.36. The molecule has 0 saturated carbocycles. The lowest BCUT2D eigenvalue weighted by Crippen LogP contribution is -2.37. The lowest BCUT2D eigenvalue weighted by atomic mass is 10.1. The van der Waals surface area contributed by atoms with Gasteiger partial charge in [-0.05, 0) is 116 Å². The first-order valence-corrected chi connectivity index (χ1v) is 26.3. The number of amides is 1. The number of carboxylic acids is 5. The largest absolute Gasteiger partial charge is 0.494 e. The number of hydrogen-bond acceptors (Lipinski definition) is 10. The highest BCUT2D eigenvalue weighted by molar-refractivity contribution is 6.44. The monoisotopic (exact) mass is 1290 g/mol. The van der Waals surface area contributed by atoms with Crippen LogP contribution in [0, 0.1) is 0 Å². The smallest absolute Gasteiger partial charge is 0.347 e. The summed E-state index contributed by atoms with van der Waals surface area (Å²) in [5.41, 5.74) is 5.18. The zero-order valence-electron chi connectivity index (χ0n) is 42.5. The molecule has 8 rings (SSSR count). The van der Waals surface area contributed by atoms with Crippen LogP contribution in [0.4, 0.5) is 11.4 Å². The lowest BCUT2D eigenvalue weighted by Gasteiger charge is -2.21. The van der Waals surface area contributed by atoms with Crippen LogP contribution in [-0.4, -0.2) is 74.0 Å². The molecule has 0 aromatic heterocycles. The molecule has 1 amide bonds. The Bertz CT molecular complexity index is 3650. The number of aromatic carboxylic acids is 3. The van der Waals surface area contributed by atoms with E-state index >= 15 is 0 Å². The predicted molar refractivity (Wildman–Crippen MR) is 321 cm³/mol. The number of aliphatic carboxylic acids is 2. The maximum Gasteiger partial charge on any atom is 0.347 e. The first-order chi connectivity index (χ1) is 38.6. The third-order valence-electron chi connectivity index (χ3n) is 10.5. The maximum absolute atomic E-state index is 12.4. The predicted octanol–water partition coefficient (Wildman–Crippen LogP) is 17.1. The van der Waals surface area contributed by atoms with Crippen LogP contribution in [0.15, 0.2) is 146 Å². The quantitative estimate of drug-likeness (QED) is 0.0418. The number of fused-ring (bicyclic) bond motifs is 1. The zero-order chi connectivity index (χ0) is 61.2. The molecule has 0 heterocycles. The standard InChI is InChI=1S/C18H13NO3.C16H14Cl2O4.C8H5Cl3O2.C8H6Cl2O3.C7H5Cl2NO2/c20-17(14-9-3-4-10-15(14)18(21)22)19-16-11-5-7-12-6-1-2-8-13(12)16;1-16(2,15(19)20)22-12-6-4-11(5-7-12)21-14-8-3-10(17)9-13(14)18;9-5-1-2-6(10)8(11)4(5)3-7(12)13;1-13-7-5(10)3-2-4(9)6(7)8(11)12;8-3-1-4(7(11)12)6(9)5(10)2-3/h1-11H,(H,19,20)(H,21,22);3-9H,1-2H3,(H,19,20);1-2H,3H2,(H,12,13);2-3H,1H3,(H,11,12);1-2H,10H2,(H,11,12). The van der Waals surface area contributed by atoms with Crippen molar-refractivity contribution in [3.63, 3.8) is 0 Å². The summed E-state index contributed by atoms with van der Waals surface area (Å²) in [6.07, 6.45) is -0.224. The van der Waals surface area contributed by atoms with Gasteiger partial charge in [-0.1, -0.05) is 153 Å². The summed E-state index contributed by atoms with van der Waals surface area (Å²) in [7, 11) is 1.34. The van der Waals surface area contributed by atoms with Gasteiger partial charge in [-0.2, -0.15) is 0 Å². The van der Waals surface area contributed by atoms with Gasteiger partial charge in [0.25, 0.3) is 5.91 Å². The molecular weight excluding hydrogens is 1260 g/mol. The average molecular weight is 1300 g/mol. The van der Waals surface area contributed by atoms with E-state index in [0.717, 1.165) is 10.8 Å². The molecule has 16 nitrogen and oxygen atoms in total. The Morgan fingerprint density at radius 3 is 1.67 bits per heavy atom. The van der Waals surface area contributed by atoms with E-state index in [0.29, 0.717) is 48.6 Å². The Hall–Kier alpha value is -7.35. The maximum atomic E-state index is 12.4. The van der Waals surface area contributed by atoms with Crippen molar-refractivity contribution in [2.24, 2.45) is 0 Å². The minimum Gasteiger partial charge on any atom is -0.494 e. The van der Waals surface area contributed by atoms with Crippen LogP contribution in [-0.2, 0) is 16.0 Å². The van der Waals surface area contributed by atoms with Crippen LogP contribution < -0.4 is 25.3 Å². The van der Waals surface area contributed by atoms with E-state index in [4.69, 9.17) is 145 Å². The van der Waals surface area contributed by atoms with Crippen molar-refractivity contribution in [1.29, 1.82) is 0 Å². The third-order valence-corrected chi connectivity index (χ3v) is 13.5. The van der Waals surface area contributed by atoms with Gasteiger partial charge in [-0.15, -0.1) is 0 Å². The first kappa shape index (κ1) is 67.2. The average Bonchev–Trinajstić information content (AvgIpc) is 3.54. The van der Waals surface area contributed by atoms with Crippen molar-refractivity contribution in [3.8, 4) is 23.0 Å². The topological polar surface area (TPSA) is 269 Å². The molecule has 428 valence electrons. The molecule has 0 bridgehead atoms. The summed E-state index contributed by atoms with van der Waals surface area (Å²) >= 11 is 51.6. The molecule has 0 saturated heterocycles. The number of carbonyl (C=O) groups is 6. The van der Waals surface area contributed by atoms with Crippen molar-refractivity contribution in [1.82, 2.24) is 0 Å². The molecular formula is C57H43Cl9N2O14. The fourth-order valence-electron chi connectivity index (χ4n) is 6.57. The van der Waals surface area contributed by atoms with Crippen LogP contribution in [0.3, 0.4) is 0 Å². The number of carboxylic acid groups (broad SMARTS) is 5. The SMILES string of the molecule is CC(C)(Oc1ccc(Oc2ccc(Cl)cc2Cl)cc1)C(=O)O.COc1c(Cl)ccc(Cl)c1C(=O)O.Nc1cc(Cl)cc(C(=O)O)c1Cl.O=C(O)Cc1c(Cl)ccc(Cl)c1Cl.O=C(O)c1ccccc1C(=O)Nc1cccc2ccccc12. The van der Waals surface area contributed by atoms with Gasteiger partial charge in [0.1, 0.15) is 22.8 Å². The van der Waals surface area contributed by atoms with E-state index in [9.17, 15) is 33.9 Å². The molecule has 25 heteroatoms. The van der Waals surface area contributed by atoms with E-state index < -0.39 is 41.4 Å². The Morgan fingerprint density at radius 1 is 0.537 bits per heavy atom. The summed E-state index contributed by atoms with van der Waals surface area (Å²) in [6, 6.07) is 39.6. The molecule has 0 spiro atoms. The molecule has 0 aliphatic heterocycles. The van der Waals surface area contributed by atoms with Gasteiger partial charge in [0.15, 0.2) is 11.4 Å². The van der Waals surface area contributed by atoms with Crippen LogP contribution >= 0.6 is 104 Å². The molecule has 8 N–H and O–H groups in total. The minimum absolute atomic E-state index is 0.0137. The van der Waals surface area contributed by atoms with Gasteiger partial charge >= 0.3 is 29.8 Å². The van der Waals surface area contributed by atoms with Crippen LogP contribution in [0.1, 0.15) is 60.8 Å². The number of carbonyl (C=O) groups excluding carboxylic acids is 1. The number of nitrogen functional groups attached to an aromatic ring is 1. The number of rotatable bonds is 13. The number of benzene rings is 8. The fraction of sp³-hybridized carbons (Fsp3) is 0.0877. The fourth-order valence-corrected chi connectivity index (χ4v) is 8.58. The lowest BCUT2D eigenvalue weighted by molar-refractivity contribution is -0.152. The summed E-state index contributed by atoms with van der Waals surface area (Å²) in [5.74, 6) is -4.36. The number of nitrogens with one attached hydrogen (secondary N) is 1. The number of halogens is 9. The van der Waals surface area contributed by atoms with Gasteiger partial charge in [0.2, 0.25) is 0 Å². The van der Waals surface area contributed by atoms with Crippen molar-refractivity contribution in [2.75, 3.05) is 18.2 Å². The van der Waals surface area contributed by atoms with E-state index in [1.165, 1.54) is 69.5 Å². The summed E-state index contributed by atoms with van der Waals surface area (Å²) in [4.78, 5) is 66.3. The number of methoxy groups -OCH3 is 1. The molecule has 0 radical (unpaired) electrons. The van der Waals surface area contributed by atoms with Crippen molar-refractivity contribution in [2.45, 2.75) is 25.9 Å². The van der Waals surface area contributed by atoms with E-state index in [-0.39, 0.29) is 65.2 Å². The molecule has 0 unspecified atom stereocenters. The minimum atomic E-state index is -1.30. The Kier molecular flexibility index (Phi) is 25.5. The van der Waals surface area contributed by atoms with Gasteiger partial charge < -0.3 is 50.8 Å². The normalized spacial score (nSPS) is 10.3. The first-order valence-electron chi connectivity index (χ1n) is 22.9. The van der Waals surface area contributed by atoms with Crippen molar-refractivity contribution in [3.05, 3.63) is 219 Å². The van der Waals surface area contributed by atoms with Gasteiger partial charge in [-0.25, -0.2) is 19.2 Å². The van der Waals surface area contributed by atoms with Gasteiger partial charge in [0.05, 0.1) is 66.0 Å². The second-order valence-electron chi connectivity index (χ2n) is 16.7. The van der Waals surface area contributed by atoms with E-state index in [1.807, 2.05) is 36.4 Å². The second kappa shape index (κ2) is 31.2. The molecule has 0 fully saturated rings. The molecule has 8 aromatic rings. The molecule has 0 aliphatic rings. The highest BCUT2D eigenvalue weighted by atomic mass is 35.5. The van der Waals surface area contributed by atoms with Gasteiger partial charge in [-0.3, -0.25) is 9.59 Å². The van der Waals surface area contributed by atoms with E-state index in [1.54, 1.807) is 60.7 Å². The number of anilines is 2. The Labute approximate surface area is 512 Å². The summed E-state index contributed by atoms with van der Waals surface area (Å²) in [5, 5.41) is 51.2. The molecule has 0 atom stereocenters. The molecule has 82 heavy (non-hydrogen) atoms. The Morgan fingerprint density at radius 2 is 1.10 bits per heavy atom. The molecule has 0 aliphatic carbocycles. The van der Waals surface area contributed by atoms with E-state index in [2.05, 4.69) is 5.32 Å². The number of hydrogen-bond donors (Lipinski definition) is 7. The number of nitrogens with two attached hydrogens (primary N) is 1. The third kappa shape index (κ3) is 19.4.